The van der Waals surface area contributed by atoms with Gasteiger partial charge in [0.2, 0.25) is 11.8 Å². The molecule has 0 aromatic heterocycles. The first-order valence-electron chi connectivity index (χ1n) is 13.7. The summed E-state index contributed by atoms with van der Waals surface area (Å²) in [6.07, 6.45) is 11.6. The lowest BCUT2D eigenvalue weighted by atomic mass is 9.87. The van der Waals surface area contributed by atoms with Crippen LogP contribution in [0.25, 0.3) is 0 Å². The molecule has 4 aliphatic rings. The standard InChI is InChI=1S/C28H39N3O5/c1-35-20-9-7-18(8-10-20)16-29-23-5-3-2-4-6-25(23)36-21-11-12-22-19(15-21)17-31(28(22)34)24-13-14-26(32)30-27(24)33/h11-12,15,18,20,23-25,29H,2-10,13-14,16-17H2,1H3,(H,30,32,33)/t18?,20?,23-,24?,25+/m0/s1. The Labute approximate surface area is 213 Å². The smallest absolute Gasteiger partial charge is 0.255 e. The van der Waals surface area contributed by atoms with E-state index in [1.807, 2.05) is 25.3 Å². The second-order valence-electron chi connectivity index (χ2n) is 10.9. The summed E-state index contributed by atoms with van der Waals surface area (Å²) in [6, 6.07) is 5.40. The minimum Gasteiger partial charge on any atom is -0.489 e. The van der Waals surface area contributed by atoms with Gasteiger partial charge < -0.3 is 19.7 Å². The molecule has 5 rings (SSSR count). The lowest BCUT2D eigenvalue weighted by Gasteiger charge is -2.32. The molecule has 3 atom stereocenters. The average molecular weight is 498 g/mol. The minimum atomic E-state index is -0.596. The van der Waals surface area contributed by atoms with Gasteiger partial charge in [0, 0.05) is 31.7 Å². The highest BCUT2D eigenvalue weighted by molar-refractivity contribution is 6.05. The van der Waals surface area contributed by atoms with E-state index >= 15 is 0 Å². The molecule has 1 aromatic rings. The number of benzene rings is 1. The molecule has 8 nitrogen and oxygen atoms in total. The monoisotopic (exact) mass is 497 g/mol. The molecule has 2 N–H and O–H groups in total. The molecule has 8 heteroatoms. The Balaban J connectivity index is 1.21. The number of amides is 3. The van der Waals surface area contributed by atoms with Crippen molar-refractivity contribution in [2.75, 3.05) is 13.7 Å². The molecule has 0 radical (unpaired) electrons. The van der Waals surface area contributed by atoms with Crippen LogP contribution in [0.4, 0.5) is 0 Å². The molecule has 0 bridgehead atoms. The number of imide groups is 1. The van der Waals surface area contributed by atoms with E-state index in [1.54, 1.807) is 4.90 Å². The molecule has 36 heavy (non-hydrogen) atoms. The van der Waals surface area contributed by atoms with E-state index < -0.39 is 6.04 Å². The lowest BCUT2D eigenvalue weighted by molar-refractivity contribution is -0.136. The number of carbonyl (C=O) groups is 3. The first-order valence-corrected chi connectivity index (χ1v) is 13.7. The maximum absolute atomic E-state index is 13.0. The van der Waals surface area contributed by atoms with Crippen molar-refractivity contribution < 1.29 is 23.9 Å². The van der Waals surface area contributed by atoms with E-state index in [9.17, 15) is 14.4 Å². The van der Waals surface area contributed by atoms with Crippen LogP contribution >= 0.6 is 0 Å². The van der Waals surface area contributed by atoms with E-state index in [0.717, 1.165) is 50.0 Å². The Morgan fingerprint density at radius 3 is 2.58 bits per heavy atom. The highest BCUT2D eigenvalue weighted by Crippen LogP contribution is 2.32. The first kappa shape index (κ1) is 25.2. The number of rotatable bonds is 7. The summed E-state index contributed by atoms with van der Waals surface area (Å²) in [7, 11) is 1.82. The van der Waals surface area contributed by atoms with E-state index in [-0.39, 0.29) is 30.2 Å². The van der Waals surface area contributed by atoms with Gasteiger partial charge in [-0.3, -0.25) is 19.7 Å². The quantitative estimate of drug-likeness (QED) is 0.443. The molecule has 2 saturated carbocycles. The summed E-state index contributed by atoms with van der Waals surface area (Å²) in [5.74, 6) is 0.677. The van der Waals surface area contributed by atoms with E-state index in [0.29, 0.717) is 36.6 Å². The van der Waals surface area contributed by atoms with Gasteiger partial charge in [0.05, 0.1) is 6.10 Å². The zero-order valence-corrected chi connectivity index (χ0v) is 21.3. The van der Waals surface area contributed by atoms with Crippen molar-refractivity contribution in [3.63, 3.8) is 0 Å². The maximum atomic E-state index is 13.0. The predicted molar refractivity (Wildman–Crippen MR) is 135 cm³/mol. The number of hydrogen-bond acceptors (Lipinski definition) is 6. The maximum Gasteiger partial charge on any atom is 0.255 e. The highest BCUT2D eigenvalue weighted by atomic mass is 16.5. The molecule has 1 saturated heterocycles. The van der Waals surface area contributed by atoms with Crippen molar-refractivity contribution in [1.82, 2.24) is 15.5 Å². The average Bonchev–Trinajstić information content (AvgIpc) is 3.04. The van der Waals surface area contributed by atoms with Gasteiger partial charge in [-0.2, -0.15) is 0 Å². The van der Waals surface area contributed by atoms with Crippen LogP contribution in [0.1, 0.15) is 86.6 Å². The van der Waals surface area contributed by atoms with Crippen LogP contribution in [0.3, 0.4) is 0 Å². The van der Waals surface area contributed by atoms with Gasteiger partial charge in [0.25, 0.3) is 5.91 Å². The second kappa shape index (κ2) is 11.3. The van der Waals surface area contributed by atoms with Crippen molar-refractivity contribution in [1.29, 1.82) is 0 Å². The largest absolute Gasteiger partial charge is 0.489 e. The van der Waals surface area contributed by atoms with Crippen LogP contribution in [0, 0.1) is 5.92 Å². The summed E-state index contributed by atoms with van der Waals surface area (Å²) < 4.78 is 12.1. The van der Waals surface area contributed by atoms with Crippen molar-refractivity contribution in [3.05, 3.63) is 29.3 Å². The number of hydrogen-bond donors (Lipinski definition) is 2. The fourth-order valence-electron chi connectivity index (χ4n) is 6.34. The summed E-state index contributed by atoms with van der Waals surface area (Å²) in [5.41, 5.74) is 1.50. The van der Waals surface area contributed by atoms with Crippen LogP contribution in [0.15, 0.2) is 18.2 Å². The van der Waals surface area contributed by atoms with Crippen LogP contribution in [-0.2, 0) is 20.9 Å². The van der Waals surface area contributed by atoms with Crippen molar-refractivity contribution in [2.45, 2.75) is 101 Å². The van der Waals surface area contributed by atoms with Crippen LogP contribution < -0.4 is 15.4 Å². The van der Waals surface area contributed by atoms with E-state index in [1.165, 1.54) is 25.7 Å². The number of nitrogens with zero attached hydrogens (tertiary/aromatic N) is 1. The first-order chi connectivity index (χ1) is 17.5. The normalized spacial score (nSPS) is 31.1. The third kappa shape index (κ3) is 5.59. The molecule has 3 amide bonds. The number of carbonyl (C=O) groups excluding carboxylic acids is 3. The molecule has 2 aliphatic carbocycles. The second-order valence-corrected chi connectivity index (χ2v) is 10.9. The number of fused-ring (bicyclic) bond motifs is 1. The Kier molecular flexibility index (Phi) is 7.91. The summed E-state index contributed by atoms with van der Waals surface area (Å²) >= 11 is 0. The van der Waals surface area contributed by atoms with Gasteiger partial charge in [0.1, 0.15) is 17.9 Å². The SMILES string of the molecule is COC1CCC(CN[C@H]2CCCCC[C@H]2Oc2ccc3c(c2)CN(C2CCC(=O)NC2=O)C3=O)CC1. The zero-order valence-electron chi connectivity index (χ0n) is 21.3. The molecular weight excluding hydrogens is 458 g/mol. The topological polar surface area (TPSA) is 97.0 Å². The summed E-state index contributed by atoms with van der Waals surface area (Å²) in [4.78, 5) is 38.4. The highest BCUT2D eigenvalue weighted by Gasteiger charge is 2.39. The van der Waals surface area contributed by atoms with Gasteiger partial charge in [-0.15, -0.1) is 0 Å². The Bertz CT molecular complexity index is 974. The molecule has 196 valence electrons. The third-order valence-electron chi connectivity index (χ3n) is 8.53. The fraction of sp³-hybridized carbons (Fsp3) is 0.679. The molecule has 3 fully saturated rings. The van der Waals surface area contributed by atoms with Gasteiger partial charge in [-0.05, 0) is 87.6 Å². The number of ether oxygens (including phenoxy) is 2. The number of piperidine rings is 1. The third-order valence-corrected chi connectivity index (χ3v) is 8.53. The predicted octanol–water partition coefficient (Wildman–Crippen LogP) is 3.32. The summed E-state index contributed by atoms with van der Waals surface area (Å²) in [5, 5.41) is 6.21. The summed E-state index contributed by atoms with van der Waals surface area (Å²) in [6.45, 7) is 1.40. The van der Waals surface area contributed by atoms with Gasteiger partial charge in [-0.25, -0.2) is 0 Å². The zero-order chi connectivity index (χ0) is 25.1. The van der Waals surface area contributed by atoms with Crippen molar-refractivity contribution in [2.24, 2.45) is 5.92 Å². The van der Waals surface area contributed by atoms with E-state index in [4.69, 9.17) is 9.47 Å². The Morgan fingerprint density at radius 1 is 1.00 bits per heavy atom. The van der Waals surface area contributed by atoms with E-state index in [2.05, 4.69) is 10.6 Å². The molecule has 2 aliphatic heterocycles. The molecular formula is C28H39N3O5. The van der Waals surface area contributed by atoms with Gasteiger partial charge in [-0.1, -0.05) is 12.8 Å². The van der Waals surface area contributed by atoms with Crippen molar-refractivity contribution >= 4 is 17.7 Å². The minimum absolute atomic E-state index is 0.101. The van der Waals surface area contributed by atoms with Gasteiger partial charge in [0.15, 0.2) is 0 Å². The van der Waals surface area contributed by atoms with Crippen LogP contribution in [-0.4, -0.2) is 60.6 Å². The Hall–Kier alpha value is -2.45. The Morgan fingerprint density at radius 2 is 1.81 bits per heavy atom. The lowest BCUT2D eigenvalue weighted by Crippen LogP contribution is -2.52. The molecule has 0 spiro atoms. The number of methoxy groups -OCH3 is 1. The molecule has 1 aromatic carbocycles. The molecule has 2 heterocycles. The number of nitrogens with one attached hydrogen (secondary N) is 2. The van der Waals surface area contributed by atoms with Crippen LogP contribution in [0.2, 0.25) is 0 Å². The fourth-order valence-corrected chi connectivity index (χ4v) is 6.34. The molecule has 1 unspecified atom stereocenters. The van der Waals surface area contributed by atoms with Crippen LogP contribution in [0.5, 0.6) is 5.75 Å². The van der Waals surface area contributed by atoms with Crippen molar-refractivity contribution in [3.8, 4) is 5.75 Å². The van der Waals surface area contributed by atoms with Gasteiger partial charge >= 0.3 is 0 Å².